The Kier molecular flexibility index (Phi) is 3.78. The molecule has 3 heteroatoms. The maximum Gasteiger partial charge on any atom is 0.234 e. The van der Waals surface area contributed by atoms with Crippen LogP contribution in [0.5, 0.6) is 0 Å². The molecular formula is C18H26N2O. The molecule has 1 heterocycles. The summed E-state index contributed by atoms with van der Waals surface area (Å²) in [6.45, 7) is 4.01. The van der Waals surface area contributed by atoms with Gasteiger partial charge in [-0.2, -0.15) is 0 Å². The van der Waals surface area contributed by atoms with E-state index in [0.717, 1.165) is 17.2 Å². The molecule has 2 N–H and O–H groups in total. The number of hydrogen-bond acceptors (Lipinski definition) is 2. The number of benzene rings is 1. The highest BCUT2D eigenvalue weighted by Gasteiger charge is 2.38. The number of hydrogen-bond donors (Lipinski definition) is 2. The molecule has 0 aromatic heterocycles. The van der Waals surface area contributed by atoms with E-state index < -0.39 is 5.41 Å². The Hall–Kier alpha value is -1.35. The van der Waals surface area contributed by atoms with Crippen molar-refractivity contribution in [3.05, 3.63) is 29.3 Å². The second-order valence-electron chi connectivity index (χ2n) is 7.11. The highest BCUT2D eigenvalue weighted by molar-refractivity contribution is 6.05. The highest BCUT2D eigenvalue weighted by atomic mass is 16.2. The van der Waals surface area contributed by atoms with Gasteiger partial charge in [0.05, 0.1) is 5.41 Å². The van der Waals surface area contributed by atoms with Gasteiger partial charge >= 0.3 is 0 Å². The van der Waals surface area contributed by atoms with Crippen molar-refractivity contribution in [3.63, 3.8) is 0 Å². The Bertz CT molecular complexity index is 544. The molecule has 3 rings (SSSR count). The molecule has 1 aromatic carbocycles. The molecule has 1 unspecified atom stereocenters. The van der Waals surface area contributed by atoms with Gasteiger partial charge < -0.3 is 10.6 Å². The van der Waals surface area contributed by atoms with Crippen molar-refractivity contribution in [2.75, 3.05) is 12.4 Å². The minimum atomic E-state index is -0.420. The summed E-state index contributed by atoms with van der Waals surface area (Å²) in [5, 5.41) is 6.46. The summed E-state index contributed by atoms with van der Waals surface area (Å²) in [5.74, 6) is 0.954. The van der Waals surface area contributed by atoms with E-state index in [0.29, 0.717) is 6.04 Å². The van der Waals surface area contributed by atoms with Gasteiger partial charge in [0, 0.05) is 11.7 Å². The molecule has 1 aromatic rings. The van der Waals surface area contributed by atoms with Crippen LogP contribution >= 0.6 is 0 Å². The third-order valence-corrected chi connectivity index (χ3v) is 5.33. The second-order valence-corrected chi connectivity index (χ2v) is 7.11. The topological polar surface area (TPSA) is 41.1 Å². The van der Waals surface area contributed by atoms with Crippen LogP contribution in [0.15, 0.2) is 18.2 Å². The highest BCUT2D eigenvalue weighted by Crippen LogP contribution is 2.40. The first kappa shape index (κ1) is 14.6. The molecule has 1 amide bonds. The lowest BCUT2D eigenvalue weighted by molar-refractivity contribution is -0.119. The molecule has 1 aliphatic carbocycles. The maximum atomic E-state index is 12.1. The van der Waals surface area contributed by atoms with Crippen LogP contribution < -0.4 is 10.6 Å². The Morgan fingerprint density at radius 1 is 1.33 bits per heavy atom. The first-order valence-electron chi connectivity index (χ1n) is 8.15. The van der Waals surface area contributed by atoms with E-state index in [-0.39, 0.29) is 5.91 Å². The maximum absolute atomic E-state index is 12.1. The van der Waals surface area contributed by atoms with Crippen LogP contribution in [0.25, 0.3) is 0 Å². The monoisotopic (exact) mass is 286 g/mol. The third kappa shape index (κ3) is 2.59. The fourth-order valence-electron chi connectivity index (χ4n) is 3.81. The summed E-state index contributed by atoms with van der Waals surface area (Å²) < 4.78 is 0. The molecule has 0 spiro atoms. The summed E-state index contributed by atoms with van der Waals surface area (Å²) in [6, 6.07) is 6.85. The zero-order valence-corrected chi connectivity index (χ0v) is 13.3. The fourth-order valence-corrected chi connectivity index (χ4v) is 3.81. The molecule has 1 fully saturated rings. The average Bonchev–Trinajstić information content (AvgIpc) is 3.04. The van der Waals surface area contributed by atoms with E-state index >= 15 is 0 Å². The molecule has 0 saturated heterocycles. The molecule has 0 bridgehead atoms. The van der Waals surface area contributed by atoms with E-state index in [1.54, 1.807) is 0 Å². The minimum absolute atomic E-state index is 0.103. The molecule has 3 nitrogen and oxygen atoms in total. The lowest BCUT2D eigenvalue weighted by Gasteiger charge is -2.22. The number of nitrogens with one attached hydrogen (secondary N) is 2. The van der Waals surface area contributed by atoms with Crippen LogP contribution in [0.3, 0.4) is 0 Å². The molecule has 1 atom stereocenters. The van der Waals surface area contributed by atoms with Crippen molar-refractivity contribution in [1.82, 2.24) is 5.32 Å². The predicted molar refractivity (Wildman–Crippen MR) is 86.5 cm³/mol. The van der Waals surface area contributed by atoms with E-state index in [2.05, 4.69) is 28.8 Å². The number of rotatable bonds is 4. The van der Waals surface area contributed by atoms with E-state index in [4.69, 9.17) is 0 Å². The quantitative estimate of drug-likeness (QED) is 0.885. The minimum Gasteiger partial charge on any atom is -0.325 e. The molecule has 114 valence electrons. The van der Waals surface area contributed by atoms with E-state index in [9.17, 15) is 4.79 Å². The van der Waals surface area contributed by atoms with Gasteiger partial charge in [0.25, 0.3) is 0 Å². The van der Waals surface area contributed by atoms with Crippen LogP contribution in [0, 0.1) is 5.92 Å². The first-order chi connectivity index (χ1) is 10.0. The van der Waals surface area contributed by atoms with Crippen molar-refractivity contribution in [2.45, 2.75) is 57.4 Å². The SMILES string of the molecule is CNC(CC1CCCC1)c1ccc2c(c1)C(C)(C)C(=O)N2. The lowest BCUT2D eigenvalue weighted by atomic mass is 9.84. The van der Waals surface area contributed by atoms with Gasteiger partial charge in [-0.15, -0.1) is 0 Å². The lowest BCUT2D eigenvalue weighted by Crippen LogP contribution is -2.27. The smallest absolute Gasteiger partial charge is 0.234 e. The van der Waals surface area contributed by atoms with Gasteiger partial charge in [-0.25, -0.2) is 0 Å². The number of carbonyl (C=O) groups excluding carboxylic acids is 1. The van der Waals surface area contributed by atoms with Gasteiger partial charge in [-0.05, 0) is 50.4 Å². The normalized spacial score (nSPS) is 22.1. The summed E-state index contributed by atoms with van der Waals surface area (Å²) in [6.07, 6.45) is 6.72. The summed E-state index contributed by atoms with van der Waals surface area (Å²) in [5.41, 5.74) is 3.01. The molecule has 2 aliphatic rings. The largest absolute Gasteiger partial charge is 0.325 e. The van der Waals surface area contributed by atoms with Crippen molar-refractivity contribution in [1.29, 1.82) is 0 Å². The molecule has 1 aliphatic heterocycles. The Labute approximate surface area is 127 Å². The first-order valence-corrected chi connectivity index (χ1v) is 8.15. The van der Waals surface area contributed by atoms with Gasteiger partial charge in [-0.3, -0.25) is 4.79 Å². The molecule has 1 saturated carbocycles. The van der Waals surface area contributed by atoms with Gasteiger partial charge in [0.2, 0.25) is 5.91 Å². The van der Waals surface area contributed by atoms with Crippen molar-refractivity contribution in [3.8, 4) is 0 Å². The molecule has 0 radical (unpaired) electrons. The molecular weight excluding hydrogens is 260 g/mol. The van der Waals surface area contributed by atoms with E-state index in [1.807, 2.05) is 20.9 Å². The average molecular weight is 286 g/mol. The summed E-state index contributed by atoms with van der Waals surface area (Å²) in [4.78, 5) is 12.1. The number of anilines is 1. The van der Waals surface area contributed by atoms with Gasteiger partial charge in [0.15, 0.2) is 0 Å². The number of amides is 1. The molecule has 21 heavy (non-hydrogen) atoms. The summed E-state index contributed by atoms with van der Waals surface area (Å²) in [7, 11) is 2.04. The number of carbonyl (C=O) groups is 1. The Morgan fingerprint density at radius 3 is 2.71 bits per heavy atom. The Balaban J connectivity index is 1.85. The van der Waals surface area contributed by atoms with Crippen molar-refractivity contribution >= 4 is 11.6 Å². The predicted octanol–water partition coefficient (Wildman–Crippen LogP) is 3.76. The zero-order valence-electron chi connectivity index (χ0n) is 13.3. The van der Waals surface area contributed by atoms with Crippen LogP contribution in [-0.4, -0.2) is 13.0 Å². The standard InChI is InChI=1S/C18H26N2O/c1-18(2)14-11-13(8-9-15(14)20-17(18)21)16(19-3)10-12-6-4-5-7-12/h8-9,11-12,16,19H,4-7,10H2,1-3H3,(H,20,21). The number of fused-ring (bicyclic) bond motifs is 1. The van der Waals surface area contributed by atoms with Crippen LogP contribution in [0.2, 0.25) is 0 Å². The Morgan fingerprint density at radius 2 is 2.05 bits per heavy atom. The third-order valence-electron chi connectivity index (χ3n) is 5.33. The fraction of sp³-hybridized carbons (Fsp3) is 0.611. The van der Waals surface area contributed by atoms with Crippen LogP contribution in [0.4, 0.5) is 5.69 Å². The van der Waals surface area contributed by atoms with Gasteiger partial charge in [0.1, 0.15) is 0 Å². The van der Waals surface area contributed by atoms with Crippen LogP contribution in [-0.2, 0) is 10.2 Å². The van der Waals surface area contributed by atoms with Crippen LogP contribution in [0.1, 0.15) is 63.1 Å². The van der Waals surface area contributed by atoms with Crippen molar-refractivity contribution < 1.29 is 4.79 Å². The second kappa shape index (κ2) is 5.45. The zero-order chi connectivity index (χ0) is 15.0. The summed E-state index contributed by atoms with van der Waals surface area (Å²) >= 11 is 0. The van der Waals surface area contributed by atoms with Crippen molar-refractivity contribution in [2.24, 2.45) is 5.92 Å². The van der Waals surface area contributed by atoms with E-state index in [1.165, 1.54) is 37.7 Å². The van der Waals surface area contributed by atoms with Gasteiger partial charge in [-0.1, -0.05) is 37.8 Å².